The van der Waals surface area contributed by atoms with E-state index in [-0.39, 0.29) is 0 Å². The van der Waals surface area contributed by atoms with Crippen LogP contribution < -0.4 is 4.90 Å². The van der Waals surface area contributed by atoms with E-state index >= 15 is 0 Å². The van der Waals surface area contributed by atoms with Gasteiger partial charge in [0.1, 0.15) is 11.3 Å². The third-order valence-electron chi connectivity index (χ3n) is 2.56. The summed E-state index contributed by atoms with van der Waals surface area (Å²) >= 11 is 0. The third-order valence-corrected chi connectivity index (χ3v) is 2.56. The van der Waals surface area contributed by atoms with Crippen LogP contribution in [-0.2, 0) is 9.53 Å². The molecule has 0 fully saturated rings. The van der Waals surface area contributed by atoms with Crippen LogP contribution in [0.25, 0.3) is 0 Å². The highest BCUT2D eigenvalue weighted by Gasteiger charge is 2.35. The molecule has 0 saturated heterocycles. The topological polar surface area (TPSA) is 127 Å². The van der Waals surface area contributed by atoms with E-state index in [1.807, 2.05) is 0 Å². The molecule has 2 amide bonds. The second-order valence-electron chi connectivity index (χ2n) is 5.57. The van der Waals surface area contributed by atoms with Crippen LogP contribution in [0.2, 0.25) is 0 Å². The third kappa shape index (κ3) is 4.25. The van der Waals surface area contributed by atoms with Crippen molar-refractivity contribution in [2.24, 2.45) is 0 Å². The van der Waals surface area contributed by atoms with Crippen molar-refractivity contribution in [3.05, 3.63) is 33.9 Å². The fourth-order valence-corrected chi connectivity index (χ4v) is 1.77. The maximum atomic E-state index is 12.2. The van der Waals surface area contributed by atoms with Crippen LogP contribution in [0.15, 0.2) is 18.2 Å². The van der Waals surface area contributed by atoms with Crippen LogP contribution in [0.1, 0.15) is 38.1 Å². The fraction of sp³-hybridized carbons (Fsp3) is 0.357. The molecule has 0 atom stereocenters. The predicted molar refractivity (Wildman–Crippen MR) is 79.4 cm³/mol. The quantitative estimate of drug-likeness (QED) is 0.668. The van der Waals surface area contributed by atoms with E-state index in [4.69, 9.17) is 4.74 Å². The number of nitro groups is 1. The van der Waals surface area contributed by atoms with Crippen molar-refractivity contribution in [1.82, 2.24) is 0 Å². The Morgan fingerprint density at radius 2 is 1.83 bits per heavy atom. The Balaban J connectivity index is 3.60. The maximum absolute atomic E-state index is 12.2. The van der Waals surface area contributed by atoms with Crippen molar-refractivity contribution in [3.63, 3.8) is 0 Å². The maximum Gasteiger partial charge on any atom is 0.421 e. The molecule has 0 unspecified atom stereocenters. The number of carbonyl (C=O) groups excluding carboxylic acids is 2. The molecule has 23 heavy (non-hydrogen) atoms. The first-order valence-electron chi connectivity index (χ1n) is 6.50. The number of imide groups is 1. The normalized spacial score (nSPS) is 10.8. The van der Waals surface area contributed by atoms with Gasteiger partial charge in [-0.05, 0) is 26.8 Å². The number of nitro benzene ring substituents is 1. The molecular weight excluding hydrogens is 308 g/mol. The molecule has 0 saturated carbocycles. The number of nitrogens with zero attached hydrogens (tertiary/aromatic N) is 2. The zero-order chi connectivity index (χ0) is 17.9. The van der Waals surface area contributed by atoms with Crippen molar-refractivity contribution in [2.45, 2.75) is 33.3 Å². The van der Waals surface area contributed by atoms with Crippen molar-refractivity contribution >= 4 is 29.3 Å². The second-order valence-corrected chi connectivity index (χ2v) is 5.57. The summed E-state index contributed by atoms with van der Waals surface area (Å²) in [7, 11) is 0. The zero-order valence-corrected chi connectivity index (χ0v) is 13.0. The Hall–Kier alpha value is -2.97. The van der Waals surface area contributed by atoms with Gasteiger partial charge in [-0.3, -0.25) is 14.9 Å². The molecule has 0 spiro atoms. The highest BCUT2D eigenvalue weighted by atomic mass is 16.6. The number of aromatic carboxylic acids is 1. The van der Waals surface area contributed by atoms with Crippen LogP contribution in [0.3, 0.4) is 0 Å². The number of amides is 2. The number of rotatable bonds is 3. The molecule has 0 heterocycles. The number of carboxylic acid groups (broad SMARTS) is 1. The Morgan fingerprint density at radius 1 is 1.26 bits per heavy atom. The number of hydrogen-bond donors (Lipinski definition) is 1. The van der Waals surface area contributed by atoms with Gasteiger partial charge in [-0.2, -0.15) is 0 Å². The smallest absolute Gasteiger partial charge is 0.421 e. The van der Waals surface area contributed by atoms with E-state index in [1.54, 1.807) is 20.8 Å². The van der Waals surface area contributed by atoms with Crippen LogP contribution in [-0.4, -0.2) is 33.6 Å². The molecule has 0 aliphatic heterocycles. The van der Waals surface area contributed by atoms with E-state index in [2.05, 4.69) is 0 Å². The molecule has 1 aromatic rings. The van der Waals surface area contributed by atoms with Gasteiger partial charge in [0, 0.05) is 13.0 Å². The monoisotopic (exact) mass is 324 g/mol. The minimum absolute atomic E-state index is 0.354. The van der Waals surface area contributed by atoms with Crippen LogP contribution >= 0.6 is 0 Å². The molecule has 9 nitrogen and oxygen atoms in total. The Morgan fingerprint density at radius 3 is 2.22 bits per heavy atom. The lowest BCUT2D eigenvalue weighted by Gasteiger charge is -2.25. The molecule has 0 bridgehead atoms. The Labute approximate surface area is 131 Å². The largest absolute Gasteiger partial charge is 0.478 e. The lowest BCUT2D eigenvalue weighted by molar-refractivity contribution is -0.384. The fourth-order valence-electron chi connectivity index (χ4n) is 1.77. The van der Waals surface area contributed by atoms with Crippen LogP contribution in [0.4, 0.5) is 16.2 Å². The minimum Gasteiger partial charge on any atom is -0.478 e. The standard InChI is InChI=1S/C14H16N2O7/c1-8(17)15(13(20)23-14(2,3)4)11-9(12(18)19)6-5-7-10(11)16(21)22/h5-7H,1-4H3,(H,18,19). The van der Waals surface area contributed by atoms with E-state index in [0.717, 1.165) is 25.1 Å². The number of ether oxygens (including phenoxy) is 1. The summed E-state index contributed by atoms with van der Waals surface area (Å²) in [4.78, 5) is 46.0. The Bertz CT molecular complexity index is 644. The Kier molecular flexibility index (Phi) is 5.05. The minimum atomic E-state index is -1.52. The van der Waals surface area contributed by atoms with Crippen molar-refractivity contribution in [1.29, 1.82) is 0 Å². The summed E-state index contributed by atoms with van der Waals surface area (Å²) in [6.45, 7) is 5.61. The summed E-state index contributed by atoms with van der Waals surface area (Å²) in [5, 5.41) is 20.4. The number of para-hydroxylation sites is 1. The average Bonchev–Trinajstić information content (AvgIpc) is 2.35. The molecule has 124 valence electrons. The first kappa shape index (κ1) is 18.1. The molecule has 1 N–H and O–H groups in total. The lowest BCUT2D eigenvalue weighted by Crippen LogP contribution is -2.41. The van der Waals surface area contributed by atoms with Crippen LogP contribution in [0, 0.1) is 10.1 Å². The molecule has 1 rings (SSSR count). The number of benzene rings is 1. The molecule has 9 heteroatoms. The van der Waals surface area contributed by atoms with Gasteiger partial charge in [0.15, 0.2) is 0 Å². The molecule has 1 aromatic carbocycles. The summed E-state index contributed by atoms with van der Waals surface area (Å²) < 4.78 is 5.04. The number of anilines is 1. The van der Waals surface area contributed by atoms with Gasteiger partial charge >= 0.3 is 12.1 Å². The molecule has 0 aliphatic rings. The highest BCUT2D eigenvalue weighted by Crippen LogP contribution is 2.33. The van der Waals surface area contributed by atoms with E-state index in [1.165, 1.54) is 0 Å². The SMILES string of the molecule is CC(=O)N(C(=O)OC(C)(C)C)c1c(C(=O)O)cccc1[N+](=O)[O-]. The number of hydrogen-bond acceptors (Lipinski definition) is 6. The summed E-state index contributed by atoms with van der Waals surface area (Å²) in [5.74, 6) is -2.42. The van der Waals surface area contributed by atoms with E-state index in [9.17, 15) is 29.6 Å². The molecule has 0 aliphatic carbocycles. The summed E-state index contributed by atoms with van der Waals surface area (Å²) in [6, 6.07) is 3.21. The number of carbonyl (C=O) groups is 3. The zero-order valence-electron chi connectivity index (χ0n) is 13.0. The van der Waals surface area contributed by atoms with Crippen LogP contribution in [0.5, 0.6) is 0 Å². The molecule has 0 aromatic heterocycles. The van der Waals surface area contributed by atoms with Gasteiger partial charge in [-0.1, -0.05) is 6.07 Å². The van der Waals surface area contributed by atoms with Crippen molar-refractivity contribution in [2.75, 3.05) is 4.90 Å². The van der Waals surface area contributed by atoms with Gasteiger partial charge in [-0.15, -0.1) is 0 Å². The first-order valence-corrected chi connectivity index (χ1v) is 6.50. The van der Waals surface area contributed by atoms with Gasteiger partial charge in [-0.25, -0.2) is 14.5 Å². The van der Waals surface area contributed by atoms with E-state index < -0.39 is 45.4 Å². The van der Waals surface area contributed by atoms with Gasteiger partial charge in [0.2, 0.25) is 5.91 Å². The van der Waals surface area contributed by atoms with Gasteiger partial charge in [0.25, 0.3) is 5.69 Å². The first-order chi connectivity index (χ1) is 10.5. The lowest BCUT2D eigenvalue weighted by atomic mass is 10.1. The molecular formula is C14H16N2O7. The average molecular weight is 324 g/mol. The summed E-state index contributed by atoms with van der Waals surface area (Å²) in [6.07, 6.45) is -1.19. The predicted octanol–water partition coefficient (Wildman–Crippen LogP) is 2.58. The summed E-state index contributed by atoms with van der Waals surface area (Å²) in [5.41, 5.74) is -2.85. The van der Waals surface area contributed by atoms with E-state index in [0.29, 0.717) is 4.90 Å². The number of carboxylic acids is 1. The van der Waals surface area contributed by atoms with Gasteiger partial charge in [0.05, 0.1) is 10.5 Å². The second kappa shape index (κ2) is 6.42. The highest BCUT2D eigenvalue weighted by molar-refractivity contribution is 6.16. The van der Waals surface area contributed by atoms with Gasteiger partial charge < -0.3 is 9.84 Å². The van der Waals surface area contributed by atoms with Crippen molar-refractivity contribution < 1.29 is 29.2 Å². The van der Waals surface area contributed by atoms with Crippen molar-refractivity contribution in [3.8, 4) is 0 Å². The molecule has 0 radical (unpaired) electrons.